The number of rotatable bonds is 7. The lowest BCUT2D eigenvalue weighted by Crippen LogP contribution is -2.42. The largest absolute Gasteiger partial charge is 0.497 e. The number of hydrogen-bond donors (Lipinski definition) is 2. The number of amides is 2. The normalized spacial score (nSPS) is 16.0. The van der Waals surface area contributed by atoms with E-state index >= 15 is 0 Å². The first kappa shape index (κ1) is 20.2. The molecule has 3 rings (SSSR count). The van der Waals surface area contributed by atoms with E-state index in [-0.39, 0.29) is 17.8 Å². The zero-order valence-electron chi connectivity index (χ0n) is 15.8. The van der Waals surface area contributed by atoms with Gasteiger partial charge in [0.25, 0.3) is 5.91 Å². The number of carbonyl (C=O) groups is 2. The van der Waals surface area contributed by atoms with Crippen molar-refractivity contribution in [2.24, 2.45) is 0 Å². The molecule has 9 nitrogen and oxygen atoms in total. The number of benzene rings is 1. The van der Waals surface area contributed by atoms with Crippen LogP contribution in [0.2, 0.25) is 0 Å². The maximum Gasteiger partial charge on any atom is 0.269 e. The first-order valence-electron chi connectivity index (χ1n) is 8.94. The summed E-state index contributed by atoms with van der Waals surface area (Å²) in [5.41, 5.74) is 5.22. The van der Waals surface area contributed by atoms with Crippen molar-refractivity contribution in [3.8, 4) is 5.75 Å². The maximum absolute atomic E-state index is 12.1. The van der Waals surface area contributed by atoms with Crippen LogP contribution in [0.25, 0.3) is 0 Å². The topological polar surface area (TPSA) is 107 Å². The SMILES string of the molecule is COc1ccc(C(=O)NNC(=O)CSc2nnc(C)n2C[C@@H]2CCCO2)cc1. The van der Waals surface area contributed by atoms with Crippen LogP contribution in [-0.4, -0.2) is 52.2 Å². The third-order valence-electron chi connectivity index (χ3n) is 4.31. The van der Waals surface area contributed by atoms with Gasteiger partial charge >= 0.3 is 0 Å². The predicted molar refractivity (Wildman–Crippen MR) is 103 cm³/mol. The van der Waals surface area contributed by atoms with Gasteiger partial charge in [0.05, 0.1) is 25.5 Å². The minimum absolute atomic E-state index is 0.104. The van der Waals surface area contributed by atoms with E-state index in [1.54, 1.807) is 31.4 Å². The van der Waals surface area contributed by atoms with Crippen LogP contribution in [0.5, 0.6) is 5.75 Å². The number of ether oxygens (including phenoxy) is 2. The van der Waals surface area contributed by atoms with Crippen LogP contribution in [0.15, 0.2) is 29.4 Å². The summed E-state index contributed by atoms with van der Waals surface area (Å²) in [7, 11) is 1.55. The summed E-state index contributed by atoms with van der Waals surface area (Å²) < 4.78 is 12.7. The highest BCUT2D eigenvalue weighted by molar-refractivity contribution is 7.99. The highest BCUT2D eigenvalue weighted by Gasteiger charge is 2.20. The van der Waals surface area contributed by atoms with E-state index < -0.39 is 5.91 Å². The predicted octanol–water partition coefficient (Wildman–Crippen LogP) is 1.33. The van der Waals surface area contributed by atoms with Crippen LogP contribution in [0.1, 0.15) is 29.0 Å². The lowest BCUT2D eigenvalue weighted by Gasteiger charge is -2.13. The molecule has 0 aliphatic carbocycles. The lowest BCUT2D eigenvalue weighted by molar-refractivity contribution is -0.119. The van der Waals surface area contributed by atoms with Gasteiger partial charge in [0.2, 0.25) is 5.91 Å². The average molecular weight is 405 g/mol. The Morgan fingerprint density at radius 3 is 2.75 bits per heavy atom. The van der Waals surface area contributed by atoms with Gasteiger partial charge in [-0.2, -0.15) is 0 Å². The van der Waals surface area contributed by atoms with E-state index in [0.29, 0.717) is 23.0 Å². The van der Waals surface area contributed by atoms with Crippen molar-refractivity contribution in [2.75, 3.05) is 19.5 Å². The van der Waals surface area contributed by atoms with Gasteiger partial charge < -0.3 is 14.0 Å². The second-order valence-electron chi connectivity index (χ2n) is 6.29. The van der Waals surface area contributed by atoms with E-state index in [4.69, 9.17) is 9.47 Å². The fraction of sp³-hybridized carbons (Fsp3) is 0.444. The Balaban J connectivity index is 1.47. The molecule has 1 fully saturated rings. The monoisotopic (exact) mass is 405 g/mol. The van der Waals surface area contributed by atoms with Crippen molar-refractivity contribution in [3.63, 3.8) is 0 Å². The second kappa shape index (κ2) is 9.56. The first-order chi connectivity index (χ1) is 13.6. The first-order valence-corrected chi connectivity index (χ1v) is 9.93. The second-order valence-corrected chi connectivity index (χ2v) is 7.24. The Morgan fingerprint density at radius 1 is 1.29 bits per heavy atom. The molecule has 1 atom stereocenters. The third kappa shape index (κ3) is 5.23. The summed E-state index contributed by atoms with van der Waals surface area (Å²) in [6, 6.07) is 6.59. The molecule has 1 aromatic heterocycles. The molecular weight excluding hydrogens is 382 g/mol. The van der Waals surface area contributed by atoms with E-state index in [9.17, 15) is 9.59 Å². The minimum Gasteiger partial charge on any atom is -0.497 e. The number of carbonyl (C=O) groups excluding carboxylic acids is 2. The minimum atomic E-state index is -0.404. The highest BCUT2D eigenvalue weighted by atomic mass is 32.2. The summed E-state index contributed by atoms with van der Waals surface area (Å²) in [5.74, 6) is 0.798. The van der Waals surface area contributed by atoms with Gasteiger partial charge in [0.1, 0.15) is 11.6 Å². The molecule has 0 radical (unpaired) electrons. The highest BCUT2D eigenvalue weighted by Crippen LogP contribution is 2.20. The summed E-state index contributed by atoms with van der Waals surface area (Å²) in [5, 5.41) is 8.88. The van der Waals surface area contributed by atoms with Crippen LogP contribution >= 0.6 is 11.8 Å². The number of nitrogens with zero attached hydrogens (tertiary/aromatic N) is 3. The molecule has 2 heterocycles. The molecule has 0 bridgehead atoms. The van der Waals surface area contributed by atoms with Gasteiger partial charge in [-0.05, 0) is 44.0 Å². The fourth-order valence-electron chi connectivity index (χ4n) is 2.78. The molecule has 2 N–H and O–H groups in total. The Kier molecular flexibility index (Phi) is 6.88. The number of methoxy groups -OCH3 is 1. The number of hydrazine groups is 1. The van der Waals surface area contributed by atoms with Crippen molar-refractivity contribution in [1.29, 1.82) is 0 Å². The molecule has 0 spiro atoms. The zero-order valence-corrected chi connectivity index (χ0v) is 16.6. The van der Waals surface area contributed by atoms with Gasteiger partial charge in [0.15, 0.2) is 5.16 Å². The molecular formula is C18H23N5O4S. The number of aryl methyl sites for hydroxylation is 1. The van der Waals surface area contributed by atoms with Crippen molar-refractivity contribution in [3.05, 3.63) is 35.7 Å². The van der Waals surface area contributed by atoms with E-state index in [2.05, 4.69) is 21.0 Å². The fourth-order valence-corrected chi connectivity index (χ4v) is 3.57. The summed E-state index contributed by atoms with van der Waals surface area (Å²) in [6.45, 7) is 3.34. The molecule has 2 aromatic rings. The molecule has 150 valence electrons. The van der Waals surface area contributed by atoms with E-state index in [0.717, 1.165) is 25.3 Å². The smallest absolute Gasteiger partial charge is 0.269 e. The van der Waals surface area contributed by atoms with Crippen LogP contribution in [0.4, 0.5) is 0 Å². The Bertz CT molecular complexity index is 818. The van der Waals surface area contributed by atoms with Gasteiger partial charge in [-0.3, -0.25) is 20.4 Å². The molecule has 1 aliphatic heterocycles. The molecule has 1 saturated heterocycles. The Labute approximate surface area is 167 Å². The van der Waals surface area contributed by atoms with Crippen molar-refractivity contribution in [2.45, 2.75) is 37.6 Å². The van der Waals surface area contributed by atoms with Gasteiger partial charge in [-0.15, -0.1) is 10.2 Å². The van der Waals surface area contributed by atoms with Crippen molar-refractivity contribution in [1.82, 2.24) is 25.6 Å². The summed E-state index contributed by atoms with van der Waals surface area (Å²) in [4.78, 5) is 24.1. The number of aromatic nitrogens is 3. The zero-order chi connectivity index (χ0) is 19.9. The van der Waals surface area contributed by atoms with Gasteiger partial charge in [-0.1, -0.05) is 11.8 Å². The van der Waals surface area contributed by atoms with Crippen LogP contribution in [0.3, 0.4) is 0 Å². The Hall–Kier alpha value is -2.59. The summed E-state index contributed by atoms with van der Waals surface area (Å²) >= 11 is 1.27. The lowest BCUT2D eigenvalue weighted by atomic mass is 10.2. The van der Waals surface area contributed by atoms with Crippen molar-refractivity contribution < 1.29 is 19.1 Å². The van der Waals surface area contributed by atoms with E-state index in [1.807, 2.05) is 11.5 Å². The van der Waals surface area contributed by atoms with Crippen LogP contribution in [-0.2, 0) is 16.1 Å². The molecule has 28 heavy (non-hydrogen) atoms. The van der Waals surface area contributed by atoms with Gasteiger partial charge in [0, 0.05) is 12.2 Å². The Morgan fingerprint density at radius 2 is 2.07 bits per heavy atom. The molecule has 10 heteroatoms. The molecule has 2 amide bonds. The van der Waals surface area contributed by atoms with Crippen LogP contribution in [0, 0.1) is 6.92 Å². The molecule has 0 unspecified atom stereocenters. The molecule has 1 aliphatic rings. The average Bonchev–Trinajstić information content (AvgIpc) is 3.35. The number of thioether (sulfide) groups is 1. The standard InChI is InChI=1S/C18H23N5O4S/c1-12-19-22-18(23(12)10-15-4-3-9-27-15)28-11-16(24)20-21-17(25)13-5-7-14(26-2)8-6-13/h5-8,15H,3-4,9-11H2,1-2H3,(H,20,24)(H,21,25)/t15-/m0/s1. The number of hydrogen-bond acceptors (Lipinski definition) is 7. The van der Waals surface area contributed by atoms with Gasteiger partial charge in [-0.25, -0.2) is 0 Å². The van der Waals surface area contributed by atoms with Crippen LogP contribution < -0.4 is 15.6 Å². The van der Waals surface area contributed by atoms with E-state index in [1.165, 1.54) is 11.8 Å². The number of nitrogens with one attached hydrogen (secondary N) is 2. The molecule has 0 saturated carbocycles. The summed E-state index contributed by atoms with van der Waals surface area (Å²) in [6.07, 6.45) is 2.23. The third-order valence-corrected chi connectivity index (χ3v) is 5.28. The quantitative estimate of drug-likeness (QED) is 0.528. The van der Waals surface area contributed by atoms with Crippen molar-refractivity contribution >= 4 is 23.6 Å². The maximum atomic E-state index is 12.1. The molecule has 1 aromatic carbocycles.